The van der Waals surface area contributed by atoms with Crippen LogP contribution in [0.25, 0.3) is 0 Å². The number of aryl methyl sites for hydroxylation is 1. The molecule has 0 bridgehead atoms. The smallest absolute Gasteiger partial charge is 0.0475 e. The maximum Gasteiger partial charge on any atom is 0.0475 e. The first-order chi connectivity index (χ1) is 7.31. The average molecular weight is 207 g/mol. The van der Waals surface area contributed by atoms with Crippen molar-refractivity contribution in [3.8, 4) is 0 Å². The highest BCUT2D eigenvalue weighted by molar-refractivity contribution is 5.51. The van der Waals surface area contributed by atoms with Crippen molar-refractivity contribution in [2.24, 2.45) is 5.92 Å². The van der Waals surface area contributed by atoms with Gasteiger partial charge in [-0.3, -0.25) is 0 Å². The molecular formula is C13H21NO. The standard InChI is InChI=1S/C13H21NO/c1-3-11(10-15)9-14-13-8-6-5-7-12(13)4-2/h5-8,11,14-15H,3-4,9-10H2,1-2H3. The van der Waals surface area contributed by atoms with Crippen molar-refractivity contribution in [1.82, 2.24) is 0 Å². The van der Waals surface area contributed by atoms with Crippen molar-refractivity contribution in [3.05, 3.63) is 29.8 Å². The van der Waals surface area contributed by atoms with Crippen LogP contribution in [0.3, 0.4) is 0 Å². The highest BCUT2D eigenvalue weighted by Crippen LogP contribution is 2.16. The second kappa shape index (κ2) is 6.46. The molecule has 1 rings (SSSR count). The molecule has 0 aliphatic heterocycles. The Morgan fingerprint density at radius 1 is 1.27 bits per heavy atom. The molecule has 0 aliphatic rings. The molecule has 2 heteroatoms. The summed E-state index contributed by atoms with van der Waals surface area (Å²) in [4.78, 5) is 0. The van der Waals surface area contributed by atoms with Gasteiger partial charge >= 0.3 is 0 Å². The molecule has 2 N–H and O–H groups in total. The van der Waals surface area contributed by atoms with E-state index in [1.807, 2.05) is 6.07 Å². The van der Waals surface area contributed by atoms with Gasteiger partial charge in [0.25, 0.3) is 0 Å². The number of aliphatic hydroxyl groups excluding tert-OH is 1. The minimum atomic E-state index is 0.262. The van der Waals surface area contributed by atoms with E-state index in [0.717, 1.165) is 19.4 Å². The first kappa shape index (κ1) is 12.1. The van der Waals surface area contributed by atoms with E-state index in [4.69, 9.17) is 5.11 Å². The number of benzene rings is 1. The third-order valence-corrected chi connectivity index (χ3v) is 2.82. The molecule has 1 atom stereocenters. The Labute approximate surface area is 92.3 Å². The zero-order valence-corrected chi connectivity index (χ0v) is 9.66. The Morgan fingerprint density at radius 2 is 2.00 bits per heavy atom. The maximum absolute atomic E-state index is 9.09. The van der Waals surface area contributed by atoms with Gasteiger partial charge in [-0.2, -0.15) is 0 Å². The SMILES string of the molecule is CCc1ccccc1NCC(CC)CO. The molecule has 0 fully saturated rings. The lowest BCUT2D eigenvalue weighted by Crippen LogP contribution is -2.17. The number of rotatable bonds is 6. The van der Waals surface area contributed by atoms with Crippen molar-refractivity contribution in [3.63, 3.8) is 0 Å². The molecule has 0 amide bonds. The van der Waals surface area contributed by atoms with Gasteiger partial charge in [0.2, 0.25) is 0 Å². The van der Waals surface area contributed by atoms with Gasteiger partial charge in [0, 0.05) is 18.8 Å². The Bertz CT molecular complexity index is 282. The van der Waals surface area contributed by atoms with Crippen molar-refractivity contribution in [2.75, 3.05) is 18.5 Å². The summed E-state index contributed by atoms with van der Waals surface area (Å²) in [6.45, 7) is 5.37. The quantitative estimate of drug-likeness (QED) is 0.751. The van der Waals surface area contributed by atoms with Gasteiger partial charge in [0.05, 0.1) is 0 Å². The van der Waals surface area contributed by atoms with Crippen LogP contribution in [-0.2, 0) is 6.42 Å². The van der Waals surface area contributed by atoms with Crippen LogP contribution in [0.15, 0.2) is 24.3 Å². The molecule has 0 radical (unpaired) electrons. The van der Waals surface area contributed by atoms with Crippen LogP contribution in [0.1, 0.15) is 25.8 Å². The maximum atomic E-state index is 9.09. The average Bonchev–Trinajstić information content (AvgIpc) is 2.31. The number of aliphatic hydroxyl groups is 1. The molecule has 0 saturated heterocycles. The van der Waals surface area contributed by atoms with E-state index in [1.54, 1.807) is 0 Å². The largest absolute Gasteiger partial charge is 0.396 e. The Hall–Kier alpha value is -1.02. The predicted molar refractivity (Wildman–Crippen MR) is 65.2 cm³/mol. The van der Waals surface area contributed by atoms with Gasteiger partial charge in [-0.15, -0.1) is 0 Å². The Morgan fingerprint density at radius 3 is 2.60 bits per heavy atom. The number of hydrogen-bond donors (Lipinski definition) is 2. The molecule has 0 saturated carbocycles. The van der Waals surface area contributed by atoms with Gasteiger partial charge in [-0.1, -0.05) is 32.0 Å². The predicted octanol–water partition coefficient (Wildman–Crippen LogP) is 2.68. The van der Waals surface area contributed by atoms with Crippen LogP contribution in [0, 0.1) is 5.92 Å². The monoisotopic (exact) mass is 207 g/mol. The molecule has 84 valence electrons. The lowest BCUT2D eigenvalue weighted by atomic mass is 10.1. The van der Waals surface area contributed by atoms with E-state index < -0.39 is 0 Å². The molecule has 1 aromatic rings. The summed E-state index contributed by atoms with van der Waals surface area (Å²) in [5.74, 6) is 0.356. The van der Waals surface area contributed by atoms with E-state index >= 15 is 0 Å². The molecule has 0 heterocycles. The fourth-order valence-electron chi connectivity index (χ4n) is 1.59. The van der Waals surface area contributed by atoms with E-state index in [9.17, 15) is 0 Å². The Kier molecular flexibility index (Phi) is 5.19. The second-order valence-electron chi connectivity index (χ2n) is 3.85. The lowest BCUT2D eigenvalue weighted by Gasteiger charge is -2.15. The van der Waals surface area contributed by atoms with Crippen LogP contribution >= 0.6 is 0 Å². The third kappa shape index (κ3) is 3.56. The lowest BCUT2D eigenvalue weighted by molar-refractivity contribution is 0.230. The summed E-state index contributed by atoms with van der Waals surface area (Å²) in [5.41, 5.74) is 2.54. The molecule has 15 heavy (non-hydrogen) atoms. The van der Waals surface area contributed by atoms with Crippen molar-refractivity contribution in [1.29, 1.82) is 0 Å². The molecule has 0 aliphatic carbocycles. The minimum Gasteiger partial charge on any atom is -0.396 e. The highest BCUT2D eigenvalue weighted by atomic mass is 16.3. The number of hydrogen-bond acceptors (Lipinski definition) is 2. The number of anilines is 1. The van der Waals surface area contributed by atoms with Crippen molar-refractivity contribution < 1.29 is 5.11 Å². The van der Waals surface area contributed by atoms with Crippen LogP contribution < -0.4 is 5.32 Å². The summed E-state index contributed by atoms with van der Waals surface area (Å²) >= 11 is 0. The van der Waals surface area contributed by atoms with E-state index in [2.05, 4.69) is 37.4 Å². The minimum absolute atomic E-state index is 0.262. The van der Waals surface area contributed by atoms with E-state index in [0.29, 0.717) is 5.92 Å². The molecule has 2 nitrogen and oxygen atoms in total. The topological polar surface area (TPSA) is 32.3 Å². The van der Waals surface area contributed by atoms with Gasteiger partial charge in [0.1, 0.15) is 0 Å². The van der Waals surface area contributed by atoms with Crippen LogP contribution in [0.5, 0.6) is 0 Å². The zero-order valence-electron chi connectivity index (χ0n) is 9.66. The van der Waals surface area contributed by atoms with Crippen molar-refractivity contribution >= 4 is 5.69 Å². The van der Waals surface area contributed by atoms with Gasteiger partial charge < -0.3 is 10.4 Å². The van der Waals surface area contributed by atoms with Gasteiger partial charge in [-0.25, -0.2) is 0 Å². The number of para-hydroxylation sites is 1. The van der Waals surface area contributed by atoms with Crippen LogP contribution in [-0.4, -0.2) is 18.3 Å². The fraction of sp³-hybridized carbons (Fsp3) is 0.538. The molecule has 0 aromatic heterocycles. The summed E-state index contributed by atoms with van der Waals surface area (Å²) in [6, 6.07) is 8.35. The first-order valence-electron chi connectivity index (χ1n) is 5.74. The van der Waals surface area contributed by atoms with E-state index in [1.165, 1.54) is 11.3 Å². The summed E-state index contributed by atoms with van der Waals surface area (Å²) in [5, 5.41) is 12.5. The molecule has 1 unspecified atom stereocenters. The summed E-state index contributed by atoms with van der Waals surface area (Å²) in [6.07, 6.45) is 2.05. The first-order valence-corrected chi connectivity index (χ1v) is 5.74. The van der Waals surface area contributed by atoms with Crippen LogP contribution in [0.4, 0.5) is 5.69 Å². The fourth-order valence-corrected chi connectivity index (χ4v) is 1.59. The van der Waals surface area contributed by atoms with E-state index in [-0.39, 0.29) is 6.61 Å². The highest BCUT2D eigenvalue weighted by Gasteiger charge is 2.05. The zero-order chi connectivity index (χ0) is 11.1. The molecule has 1 aromatic carbocycles. The normalized spacial score (nSPS) is 12.5. The molecule has 0 spiro atoms. The summed E-state index contributed by atoms with van der Waals surface area (Å²) in [7, 11) is 0. The third-order valence-electron chi connectivity index (χ3n) is 2.82. The van der Waals surface area contributed by atoms with Gasteiger partial charge in [0.15, 0.2) is 0 Å². The number of nitrogens with one attached hydrogen (secondary N) is 1. The summed E-state index contributed by atoms with van der Waals surface area (Å²) < 4.78 is 0. The second-order valence-corrected chi connectivity index (χ2v) is 3.85. The Balaban J connectivity index is 2.56. The van der Waals surface area contributed by atoms with Crippen molar-refractivity contribution in [2.45, 2.75) is 26.7 Å². The van der Waals surface area contributed by atoms with Gasteiger partial charge in [-0.05, 0) is 30.4 Å². The van der Waals surface area contributed by atoms with Crippen LogP contribution in [0.2, 0.25) is 0 Å². The molecular weight excluding hydrogens is 186 g/mol.